The maximum atomic E-state index is 13.7. The van der Waals surface area contributed by atoms with Gasteiger partial charge in [0, 0.05) is 20.0 Å². The van der Waals surface area contributed by atoms with Crippen molar-refractivity contribution < 1.29 is 27.4 Å². The van der Waals surface area contributed by atoms with Crippen LogP contribution in [-0.2, 0) is 26.0 Å². The number of likely N-dealkylation sites (N-methyl/N-ethyl adjacent to an activating group) is 1. The highest BCUT2D eigenvalue weighted by Crippen LogP contribution is 2.21. The van der Waals surface area contributed by atoms with Crippen molar-refractivity contribution in [1.29, 1.82) is 0 Å². The molecule has 1 fully saturated rings. The van der Waals surface area contributed by atoms with Crippen LogP contribution in [0, 0.1) is 5.82 Å². The van der Waals surface area contributed by atoms with Crippen LogP contribution in [-0.4, -0.2) is 50.1 Å². The summed E-state index contributed by atoms with van der Waals surface area (Å²) in [6, 6.07) is 3.59. The molecule has 0 bridgehead atoms. The molecule has 0 radical (unpaired) electrons. The lowest BCUT2D eigenvalue weighted by Crippen LogP contribution is -2.30. The highest BCUT2D eigenvalue weighted by Gasteiger charge is 2.30. The van der Waals surface area contributed by atoms with Crippen LogP contribution < -0.4 is 0 Å². The summed E-state index contributed by atoms with van der Waals surface area (Å²) >= 11 is 0. The molecule has 1 atom stereocenters. The third-order valence-corrected chi connectivity index (χ3v) is 5.16. The molecule has 1 aliphatic rings. The van der Waals surface area contributed by atoms with E-state index in [1.807, 2.05) is 0 Å². The summed E-state index contributed by atoms with van der Waals surface area (Å²) < 4.78 is 44.6. The minimum absolute atomic E-state index is 0.0441. The minimum Gasteiger partial charge on any atom is -0.481 e. The number of aryl methyl sites for hydroxylation is 1. The summed E-state index contributed by atoms with van der Waals surface area (Å²) in [6.45, 7) is 0.761. The lowest BCUT2D eigenvalue weighted by molar-refractivity contribution is -0.137. The SMILES string of the molecule is CN(CC1CO1)S(=O)(=O)c1cc(F)cc(CCCC(=O)O)c1. The minimum atomic E-state index is -3.78. The van der Waals surface area contributed by atoms with Crippen molar-refractivity contribution in [3.63, 3.8) is 0 Å². The van der Waals surface area contributed by atoms with Gasteiger partial charge < -0.3 is 9.84 Å². The van der Waals surface area contributed by atoms with Gasteiger partial charge in [0.15, 0.2) is 0 Å². The number of carboxylic acid groups (broad SMARTS) is 1. The van der Waals surface area contributed by atoms with Gasteiger partial charge in [-0.2, -0.15) is 4.31 Å². The first kappa shape index (κ1) is 16.9. The molecule has 0 amide bonds. The molecule has 2 rings (SSSR count). The first-order valence-corrected chi connectivity index (χ1v) is 8.32. The zero-order valence-electron chi connectivity index (χ0n) is 12.2. The van der Waals surface area contributed by atoms with Crippen molar-refractivity contribution in [3.05, 3.63) is 29.6 Å². The average molecular weight is 331 g/mol. The number of carboxylic acids is 1. The van der Waals surface area contributed by atoms with Crippen LogP contribution in [0.25, 0.3) is 0 Å². The molecular weight excluding hydrogens is 313 g/mol. The molecule has 1 unspecified atom stereocenters. The van der Waals surface area contributed by atoms with E-state index in [1.165, 1.54) is 19.2 Å². The van der Waals surface area contributed by atoms with Crippen molar-refractivity contribution in [1.82, 2.24) is 4.31 Å². The van der Waals surface area contributed by atoms with E-state index in [4.69, 9.17) is 9.84 Å². The van der Waals surface area contributed by atoms with Gasteiger partial charge in [-0.1, -0.05) is 0 Å². The predicted octanol–water partition coefficient (Wildman–Crippen LogP) is 1.25. The van der Waals surface area contributed by atoms with Crippen LogP contribution in [0.1, 0.15) is 18.4 Å². The van der Waals surface area contributed by atoms with Gasteiger partial charge in [-0.25, -0.2) is 12.8 Å². The molecule has 0 spiro atoms. The fourth-order valence-corrected chi connectivity index (χ4v) is 3.38. The summed E-state index contributed by atoms with van der Waals surface area (Å²) in [7, 11) is -2.36. The van der Waals surface area contributed by atoms with Crippen molar-refractivity contribution in [2.75, 3.05) is 20.2 Å². The molecular formula is C14H18FNO5S. The monoisotopic (exact) mass is 331 g/mol. The summed E-state index contributed by atoms with van der Waals surface area (Å²) in [5.41, 5.74) is 0.468. The molecule has 0 aromatic heterocycles. The molecule has 6 nitrogen and oxygen atoms in total. The molecule has 0 aliphatic carbocycles. The number of rotatable bonds is 8. The van der Waals surface area contributed by atoms with E-state index < -0.39 is 21.8 Å². The Kier molecular flexibility index (Phi) is 5.15. The predicted molar refractivity (Wildman–Crippen MR) is 76.5 cm³/mol. The maximum Gasteiger partial charge on any atom is 0.303 e. The van der Waals surface area contributed by atoms with Gasteiger partial charge >= 0.3 is 5.97 Å². The number of carbonyl (C=O) groups is 1. The van der Waals surface area contributed by atoms with Crippen LogP contribution in [0.5, 0.6) is 0 Å². The average Bonchev–Trinajstić information content (AvgIpc) is 3.21. The van der Waals surface area contributed by atoms with E-state index in [-0.39, 0.29) is 24.0 Å². The van der Waals surface area contributed by atoms with Crippen LogP contribution in [0.4, 0.5) is 4.39 Å². The summed E-state index contributed by atoms with van der Waals surface area (Å²) in [5.74, 6) is -1.59. The number of hydrogen-bond acceptors (Lipinski definition) is 4. The number of aliphatic carboxylic acids is 1. The van der Waals surface area contributed by atoms with E-state index in [9.17, 15) is 17.6 Å². The first-order valence-electron chi connectivity index (χ1n) is 6.88. The van der Waals surface area contributed by atoms with Crippen molar-refractivity contribution >= 4 is 16.0 Å². The fraction of sp³-hybridized carbons (Fsp3) is 0.500. The Hall–Kier alpha value is -1.51. The molecule has 1 N–H and O–H groups in total. The van der Waals surface area contributed by atoms with Gasteiger partial charge in [-0.3, -0.25) is 4.79 Å². The van der Waals surface area contributed by atoms with Gasteiger partial charge in [-0.15, -0.1) is 0 Å². The normalized spacial score (nSPS) is 17.7. The van der Waals surface area contributed by atoms with Crippen LogP contribution >= 0.6 is 0 Å². The first-order chi connectivity index (χ1) is 10.3. The van der Waals surface area contributed by atoms with E-state index in [2.05, 4.69) is 0 Å². The fourth-order valence-electron chi connectivity index (χ4n) is 2.10. The van der Waals surface area contributed by atoms with E-state index in [0.717, 1.165) is 10.4 Å². The summed E-state index contributed by atoms with van der Waals surface area (Å²) in [5, 5.41) is 8.60. The Bertz CT molecular complexity index is 657. The maximum absolute atomic E-state index is 13.7. The Labute approximate surface area is 128 Å². The second-order valence-corrected chi connectivity index (χ2v) is 7.33. The molecule has 1 aromatic rings. The lowest BCUT2D eigenvalue weighted by atomic mass is 10.1. The molecule has 122 valence electrons. The number of epoxide rings is 1. The highest BCUT2D eigenvalue weighted by atomic mass is 32.2. The Morgan fingerprint density at radius 1 is 1.45 bits per heavy atom. The smallest absolute Gasteiger partial charge is 0.303 e. The van der Waals surface area contributed by atoms with E-state index in [0.29, 0.717) is 25.0 Å². The Morgan fingerprint density at radius 3 is 2.73 bits per heavy atom. The molecule has 1 heterocycles. The molecule has 22 heavy (non-hydrogen) atoms. The van der Waals surface area contributed by atoms with Gasteiger partial charge in [0.25, 0.3) is 0 Å². The van der Waals surface area contributed by atoms with Crippen LogP contribution in [0.2, 0.25) is 0 Å². The Balaban J connectivity index is 2.15. The molecule has 8 heteroatoms. The zero-order chi connectivity index (χ0) is 16.3. The van der Waals surface area contributed by atoms with Crippen molar-refractivity contribution in [2.45, 2.75) is 30.3 Å². The van der Waals surface area contributed by atoms with Crippen LogP contribution in [0.3, 0.4) is 0 Å². The lowest BCUT2D eigenvalue weighted by Gasteiger charge is -2.16. The van der Waals surface area contributed by atoms with E-state index in [1.54, 1.807) is 0 Å². The highest BCUT2D eigenvalue weighted by molar-refractivity contribution is 7.89. The third kappa shape index (κ3) is 4.49. The molecule has 1 saturated heterocycles. The van der Waals surface area contributed by atoms with Crippen molar-refractivity contribution in [3.8, 4) is 0 Å². The van der Waals surface area contributed by atoms with Gasteiger partial charge in [-0.05, 0) is 36.6 Å². The second kappa shape index (κ2) is 6.72. The molecule has 1 aromatic carbocycles. The molecule has 1 aliphatic heterocycles. The largest absolute Gasteiger partial charge is 0.481 e. The third-order valence-electron chi connectivity index (χ3n) is 3.36. The van der Waals surface area contributed by atoms with Gasteiger partial charge in [0.1, 0.15) is 5.82 Å². The number of halogens is 1. The van der Waals surface area contributed by atoms with E-state index >= 15 is 0 Å². The standard InChI is InChI=1S/C14H18FNO5S/c1-16(8-12-9-21-12)22(19,20)13-6-10(5-11(15)7-13)3-2-4-14(17)18/h5-7,12H,2-4,8-9H2,1H3,(H,17,18). The van der Waals surface area contributed by atoms with Crippen LogP contribution in [0.15, 0.2) is 23.1 Å². The summed E-state index contributed by atoms with van der Waals surface area (Å²) in [4.78, 5) is 10.4. The zero-order valence-corrected chi connectivity index (χ0v) is 13.0. The number of sulfonamides is 1. The van der Waals surface area contributed by atoms with Gasteiger partial charge in [0.2, 0.25) is 10.0 Å². The number of ether oxygens (including phenoxy) is 1. The topological polar surface area (TPSA) is 87.2 Å². The molecule has 0 saturated carbocycles. The second-order valence-electron chi connectivity index (χ2n) is 5.28. The number of benzene rings is 1. The number of hydrogen-bond donors (Lipinski definition) is 1. The number of nitrogens with zero attached hydrogens (tertiary/aromatic N) is 1. The summed E-state index contributed by atoms with van der Waals surface area (Å²) in [6.07, 6.45) is 0.493. The quantitative estimate of drug-likeness (QED) is 0.725. The Morgan fingerprint density at radius 2 is 2.14 bits per heavy atom. The van der Waals surface area contributed by atoms with Crippen molar-refractivity contribution in [2.24, 2.45) is 0 Å². The van der Waals surface area contributed by atoms with Gasteiger partial charge in [0.05, 0.1) is 17.6 Å².